The molecule has 3 atom stereocenters. The zero-order valence-electron chi connectivity index (χ0n) is 12.3. The predicted octanol–water partition coefficient (Wildman–Crippen LogP) is 4.14. The molecule has 1 heterocycles. The summed E-state index contributed by atoms with van der Waals surface area (Å²) in [6, 6.07) is 2.33. The van der Waals surface area contributed by atoms with Crippen LogP contribution in [0.25, 0.3) is 0 Å². The van der Waals surface area contributed by atoms with Crippen molar-refractivity contribution in [2.75, 3.05) is 13.7 Å². The number of hydrogen-bond donors (Lipinski definition) is 0. The maximum atomic E-state index is 13.8. The van der Waals surface area contributed by atoms with Gasteiger partial charge in [-0.2, -0.15) is 4.39 Å². The lowest BCUT2D eigenvalue weighted by atomic mass is 9.77. The second-order valence-electron chi connectivity index (χ2n) is 5.69. The Kier molecular flexibility index (Phi) is 3.95. The van der Waals surface area contributed by atoms with Crippen LogP contribution in [-0.4, -0.2) is 25.2 Å². The van der Waals surface area contributed by atoms with Crippen LogP contribution in [-0.2, 0) is 4.74 Å². The molecule has 0 spiro atoms. The van der Waals surface area contributed by atoms with Gasteiger partial charge in [0.2, 0.25) is 5.82 Å². The molecular formula is C15H18F4O2. The van der Waals surface area contributed by atoms with Gasteiger partial charge in [0.15, 0.2) is 11.6 Å². The summed E-state index contributed by atoms with van der Waals surface area (Å²) in [5.74, 6) is -6.53. The van der Waals surface area contributed by atoms with Gasteiger partial charge in [-0.25, -0.2) is 13.2 Å². The maximum Gasteiger partial charge on any atom is 0.273 e. The van der Waals surface area contributed by atoms with Crippen molar-refractivity contribution >= 4 is 0 Å². The fourth-order valence-corrected chi connectivity index (χ4v) is 2.85. The van der Waals surface area contributed by atoms with Gasteiger partial charge < -0.3 is 9.47 Å². The highest BCUT2D eigenvalue weighted by Crippen LogP contribution is 2.51. The van der Waals surface area contributed by atoms with Crippen molar-refractivity contribution in [2.45, 2.75) is 38.2 Å². The Morgan fingerprint density at radius 3 is 2.43 bits per heavy atom. The van der Waals surface area contributed by atoms with Crippen molar-refractivity contribution in [3.63, 3.8) is 0 Å². The molecule has 118 valence electrons. The average molecular weight is 306 g/mol. The van der Waals surface area contributed by atoms with Gasteiger partial charge in [-0.3, -0.25) is 0 Å². The molecule has 0 bridgehead atoms. The standard InChI is InChI=1S/C15H18F4O2/c1-8-10(7-21-14(8,2)15(3,18)19)9-5-6-11(16)12(17)13(9)20-4/h5-6,8,10H,7H2,1-4H3/t8?,10?,14-/m1/s1. The monoisotopic (exact) mass is 306 g/mol. The summed E-state index contributed by atoms with van der Waals surface area (Å²) < 4.78 is 64.9. The molecule has 2 rings (SSSR count). The predicted molar refractivity (Wildman–Crippen MR) is 69.8 cm³/mol. The summed E-state index contributed by atoms with van der Waals surface area (Å²) in [6.07, 6.45) is 0. The minimum Gasteiger partial charge on any atom is -0.493 e. The second-order valence-corrected chi connectivity index (χ2v) is 5.69. The zero-order valence-corrected chi connectivity index (χ0v) is 12.3. The fourth-order valence-electron chi connectivity index (χ4n) is 2.85. The van der Waals surface area contributed by atoms with Gasteiger partial charge in [0.25, 0.3) is 5.92 Å². The number of hydrogen-bond acceptors (Lipinski definition) is 2. The highest BCUT2D eigenvalue weighted by Gasteiger charge is 2.57. The molecule has 0 radical (unpaired) electrons. The number of alkyl halides is 2. The summed E-state index contributed by atoms with van der Waals surface area (Å²) in [7, 11) is 1.22. The lowest BCUT2D eigenvalue weighted by Crippen LogP contribution is -2.47. The first-order valence-electron chi connectivity index (χ1n) is 6.67. The van der Waals surface area contributed by atoms with E-state index in [-0.39, 0.29) is 12.4 Å². The van der Waals surface area contributed by atoms with Gasteiger partial charge in [0.05, 0.1) is 13.7 Å². The molecule has 1 aromatic rings. The molecule has 0 N–H and O–H groups in total. The van der Waals surface area contributed by atoms with Crippen LogP contribution in [0, 0.1) is 17.6 Å². The molecule has 1 aliphatic heterocycles. The summed E-state index contributed by atoms with van der Waals surface area (Å²) in [5.41, 5.74) is -1.31. The van der Waals surface area contributed by atoms with Crippen molar-refractivity contribution < 1.29 is 27.0 Å². The van der Waals surface area contributed by atoms with Crippen molar-refractivity contribution in [2.24, 2.45) is 5.92 Å². The molecule has 6 heteroatoms. The van der Waals surface area contributed by atoms with Crippen molar-refractivity contribution in [3.8, 4) is 5.75 Å². The number of halogens is 4. The zero-order chi connectivity index (χ0) is 16.0. The second kappa shape index (κ2) is 5.16. The van der Waals surface area contributed by atoms with Crippen molar-refractivity contribution in [3.05, 3.63) is 29.3 Å². The molecule has 1 fully saturated rings. The van der Waals surface area contributed by atoms with E-state index in [0.717, 1.165) is 13.0 Å². The molecule has 2 unspecified atom stereocenters. The topological polar surface area (TPSA) is 18.5 Å². The summed E-state index contributed by atoms with van der Waals surface area (Å²) in [5, 5.41) is 0. The number of ether oxygens (including phenoxy) is 2. The smallest absolute Gasteiger partial charge is 0.273 e. The normalized spacial score (nSPS) is 29.7. The Labute approximate surface area is 121 Å². The Morgan fingerprint density at radius 2 is 1.95 bits per heavy atom. The van der Waals surface area contributed by atoms with Crippen LogP contribution in [0.15, 0.2) is 12.1 Å². The summed E-state index contributed by atoms with van der Waals surface area (Å²) in [6.45, 7) is 3.76. The highest BCUT2D eigenvalue weighted by atomic mass is 19.3. The Balaban J connectivity index is 2.44. The SMILES string of the molecule is COc1c(C2CO[C@@](C)(C(C)(F)F)C2C)ccc(F)c1F. The lowest BCUT2D eigenvalue weighted by molar-refractivity contribution is -0.181. The molecule has 0 amide bonds. The fraction of sp³-hybridized carbons (Fsp3) is 0.600. The van der Waals surface area contributed by atoms with Crippen LogP contribution in [0.4, 0.5) is 17.6 Å². The Bertz CT molecular complexity index is 541. The number of methoxy groups -OCH3 is 1. The van der Waals surface area contributed by atoms with Gasteiger partial charge in [-0.05, 0) is 18.9 Å². The first-order valence-corrected chi connectivity index (χ1v) is 6.67. The van der Waals surface area contributed by atoms with E-state index >= 15 is 0 Å². The third kappa shape index (κ3) is 2.39. The maximum absolute atomic E-state index is 13.8. The quantitative estimate of drug-likeness (QED) is 0.782. The first-order chi connectivity index (χ1) is 9.63. The van der Waals surface area contributed by atoms with Gasteiger partial charge in [-0.1, -0.05) is 13.0 Å². The Hall–Kier alpha value is -1.30. The van der Waals surface area contributed by atoms with E-state index in [1.165, 1.54) is 20.1 Å². The molecule has 1 aromatic carbocycles. The van der Waals surface area contributed by atoms with Gasteiger partial charge in [0.1, 0.15) is 5.60 Å². The van der Waals surface area contributed by atoms with Crippen LogP contribution in [0.3, 0.4) is 0 Å². The minimum absolute atomic E-state index is 0.00251. The van der Waals surface area contributed by atoms with E-state index in [1.807, 2.05) is 0 Å². The molecule has 21 heavy (non-hydrogen) atoms. The number of rotatable bonds is 3. The minimum atomic E-state index is -3.05. The molecule has 2 nitrogen and oxygen atoms in total. The molecule has 1 aliphatic rings. The van der Waals surface area contributed by atoms with E-state index in [9.17, 15) is 17.6 Å². The van der Waals surface area contributed by atoms with Gasteiger partial charge >= 0.3 is 0 Å². The van der Waals surface area contributed by atoms with Crippen LogP contribution in [0.2, 0.25) is 0 Å². The van der Waals surface area contributed by atoms with E-state index in [0.29, 0.717) is 5.56 Å². The van der Waals surface area contributed by atoms with Gasteiger partial charge in [-0.15, -0.1) is 0 Å². The molecular weight excluding hydrogens is 288 g/mol. The van der Waals surface area contributed by atoms with Crippen LogP contribution in [0.5, 0.6) is 5.75 Å². The highest BCUT2D eigenvalue weighted by molar-refractivity contribution is 5.40. The first kappa shape index (κ1) is 16.1. The van der Waals surface area contributed by atoms with Crippen LogP contribution < -0.4 is 4.74 Å². The van der Waals surface area contributed by atoms with E-state index in [4.69, 9.17) is 9.47 Å². The average Bonchev–Trinajstić information content (AvgIpc) is 2.70. The summed E-state index contributed by atoms with van der Waals surface area (Å²) >= 11 is 0. The van der Waals surface area contributed by atoms with Crippen molar-refractivity contribution in [1.82, 2.24) is 0 Å². The molecule has 0 aromatic heterocycles. The van der Waals surface area contributed by atoms with E-state index in [2.05, 4.69) is 0 Å². The molecule has 0 aliphatic carbocycles. The van der Waals surface area contributed by atoms with E-state index < -0.39 is 35.0 Å². The van der Waals surface area contributed by atoms with Crippen molar-refractivity contribution in [1.29, 1.82) is 0 Å². The van der Waals surface area contributed by atoms with Gasteiger partial charge in [0, 0.05) is 18.4 Å². The third-order valence-corrected chi connectivity index (χ3v) is 4.59. The Morgan fingerprint density at radius 1 is 1.33 bits per heavy atom. The largest absolute Gasteiger partial charge is 0.493 e. The molecule has 1 saturated heterocycles. The molecule has 0 saturated carbocycles. The summed E-state index contributed by atoms with van der Waals surface area (Å²) in [4.78, 5) is 0. The van der Waals surface area contributed by atoms with E-state index in [1.54, 1.807) is 6.92 Å². The van der Waals surface area contributed by atoms with Crippen LogP contribution in [0.1, 0.15) is 32.3 Å². The van der Waals surface area contributed by atoms with Crippen LogP contribution >= 0.6 is 0 Å². The third-order valence-electron chi connectivity index (χ3n) is 4.59. The number of benzene rings is 1. The lowest BCUT2D eigenvalue weighted by Gasteiger charge is -2.35.